The number of furan rings is 1. The van der Waals surface area contributed by atoms with E-state index < -0.39 is 0 Å². The number of aromatic nitrogens is 1. The van der Waals surface area contributed by atoms with E-state index in [4.69, 9.17) is 14.1 Å². The summed E-state index contributed by atoms with van der Waals surface area (Å²) in [5, 5.41) is 10.2. The molecule has 1 fully saturated rings. The molecule has 2 aromatic heterocycles. The van der Waals surface area contributed by atoms with Crippen molar-refractivity contribution in [3.63, 3.8) is 0 Å². The van der Waals surface area contributed by atoms with E-state index in [9.17, 15) is 10.1 Å². The van der Waals surface area contributed by atoms with Gasteiger partial charge in [-0.2, -0.15) is 5.26 Å². The van der Waals surface area contributed by atoms with Gasteiger partial charge in [-0.05, 0) is 52.2 Å². The van der Waals surface area contributed by atoms with Crippen molar-refractivity contribution in [2.45, 2.75) is 79.1 Å². The molecule has 7 heteroatoms. The van der Waals surface area contributed by atoms with Crippen LogP contribution in [0.5, 0.6) is 0 Å². The summed E-state index contributed by atoms with van der Waals surface area (Å²) < 4.78 is 11.6. The first-order chi connectivity index (χ1) is 15.5. The molecule has 33 heavy (non-hydrogen) atoms. The van der Waals surface area contributed by atoms with E-state index in [1.54, 1.807) is 0 Å². The highest BCUT2D eigenvalue weighted by Gasteiger charge is 2.36. The number of ether oxygens (including phenoxy) is 1. The van der Waals surface area contributed by atoms with Crippen molar-refractivity contribution in [2.75, 3.05) is 24.5 Å². The summed E-state index contributed by atoms with van der Waals surface area (Å²) in [6.07, 6.45) is 0.688. The quantitative estimate of drug-likeness (QED) is 0.685. The number of amides is 1. The molecule has 2 aliphatic heterocycles. The number of aryl methyl sites for hydroxylation is 2. The molecular formula is C26H34N4O3. The van der Waals surface area contributed by atoms with Gasteiger partial charge in [0.15, 0.2) is 0 Å². The Balaban J connectivity index is 1.66. The first-order valence-electron chi connectivity index (χ1n) is 11.7. The summed E-state index contributed by atoms with van der Waals surface area (Å²) in [4.78, 5) is 22.3. The molecule has 176 valence electrons. The van der Waals surface area contributed by atoms with Gasteiger partial charge in [0.25, 0.3) is 5.91 Å². The summed E-state index contributed by atoms with van der Waals surface area (Å²) in [7, 11) is 0. The molecule has 0 aliphatic carbocycles. The number of nitrogens with zero attached hydrogens (tertiary/aromatic N) is 4. The molecule has 1 amide bonds. The highest BCUT2D eigenvalue weighted by molar-refractivity contribution is 5.95. The molecule has 1 atom stereocenters. The number of anilines is 1. The van der Waals surface area contributed by atoms with Crippen molar-refractivity contribution in [1.29, 1.82) is 5.26 Å². The smallest absolute Gasteiger partial charge is 0.257 e. The Morgan fingerprint density at radius 1 is 1.27 bits per heavy atom. The van der Waals surface area contributed by atoms with Crippen LogP contribution in [0.25, 0.3) is 0 Å². The minimum atomic E-state index is -0.315. The number of carbonyl (C=O) groups is 1. The highest BCUT2D eigenvalue weighted by Crippen LogP contribution is 2.38. The fourth-order valence-corrected chi connectivity index (χ4v) is 5.05. The monoisotopic (exact) mass is 450 g/mol. The van der Waals surface area contributed by atoms with E-state index in [0.717, 1.165) is 28.4 Å². The number of nitriles is 1. The molecule has 2 aliphatic rings. The molecule has 0 bridgehead atoms. The molecule has 1 unspecified atom stereocenters. The van der Waals surface area contributed by atoms with Crippen LogP contribution in [0, 0.1) is 25.2 Å². The van der Waals surface area contributed by atoms with Crippen LogP contribution in [-0.2, 0) is 17.8 Å². The number of piperazine rings is 1. The number of pyridine rings is 1. The topological polar surface area (TPSA) is 82.6 Å². The fourth-order valence-electron chi connectivity index (χ4n) is 5.05. The summed E-state index contributed by atoms with van der Waals surface area (Å²) in [5.74, 6) is 2.36. The molecule has 0 aromatic carbocycles. The zero-order valence-corrected chi connectivity index (χ0v) is 20.8. The Hall–Kier alpha value is -2.85. The SMILES string of the molecule is Cc1cc(C(=O)N2CCN(c3nc(C(C)C)c4c(c3C#N)CC(C)(C)OC4)CC2C)c(C)o1. The molecule has 0 radical (unpaired) electrons. The van der Waals surface area contributed by atoms with Crippen molar-refractivity contribution in [2.24, 2.45) is 0 Å². The fraction of sp³-hybridized carbons (Fsp3) is 0.577. The van der Waals surface area contributed by atoms with Gasteiger partial charge in [-0.15, -0.1) is 0 Å². The summed E-state index contributed by atoms with van der Waals surface area (Å²) in [6, 6.07) is 4.25. The number of carbonyl (C=O) groups excluding carboxylic acids is 1. The van der Waals surface area contributed by atoms with Gasteiger partial charge in [0, 0.05) is 37.7 Å². The van der Waals surface area contributed by atoms with Gasteiger partial charge in [-0.1, -0.05) is 13.8 Å². The third-order valence-electron chi connectivity index (χ3n) is 6.75. The third kappa shape index (κ3) is 4.24. The minimum absolute atomic E-state index is 0.00262. The number of rotatable bonds is 3. The lowest BCUT2D eigenvalue weighted by molar-refractivity contribution is -0.0408. The largest absolute Gasteiger partial charge is 0.466 e. The summed E-state index contributed by atoms with van der Waals surface area (Å²) >= 11 is 0. The van der Waals surface area contributed by atoms with E-state index in [0.29, 0.717) is 49.5 Å². The zero-order chi connectivity index (χ0) is 24.1. The molecule has 0 saturated carbocycles. The normalized spacial score (nSPS) is 20.0. The Bertz CT molecular complexity index is 1130. The maximum atomic E-state index is 13.2. The van der Waals surface area contributed by atoms with E-state index >= 15 is 0 Å². The van der Waals surface area contributed by atoms with Gasteiger partial charge in [0.1, 0.15) is 23.4 Å². The van der Waals surface area contributed by atoms with Crippen LogP contribution in [-0.4, -0.2) is 47.1 Å². The van der Waals surface area contributed by atoms with Crippen molar-refractivity contribution >= 4 is 11.7 Å². The lowest BCUT2D eigenvalue weighted by atomic mass is 9.86. The zero-order valence-electron chi connectivity index (χ0n) is 20.8. The lowest BCUT2D eigenvalue weighted by Crippen LogP contribution is -2.54. The highest BCUT2D eigenvalue weighted by atomic mass is 16.5. The molecule has 0 N–H and O–H groups in total. The molecule has 1 saturated heterocycles. The maximum Gasteiger partial charge on any atom is 0.257 e. The van der Waals surface area contributed by atoms with Crippen LogP contribution >= 0.6 is 0 Å². The molecule has 4 heterocycles. The van der Waals surface area contributed by atoms with E-state index in [1.165, 1.54) is 0 Å². The van der Waals surface area contributed by atoms with Crippen LogP contribution in [0.1, 0.15) is 84.8 Å². The van der Waals surface area contributed by atoms with Gasteiger partial charge in [0.05, 0.1) is 29.0 Å². The van der Waals surface area contributed by atoms with Gasteiger partial charge < -0.3 is 19.0 Å². The van der Waals surface area contributed by atoms with Gasteiger partial charge in [-0.3, -0.25) is 4.79 Å². The lowest BCUT2D eigenvalue weighted by Gasteiger charge is -2.42. The Kier molecular flexibility index (Phi) is 6.00. The van der Waals surface area contributed by atoms with Crippen LogP contribution < -0.4 is 4.90 Å². The first-order valence-corrected chi connectivity index (χ1v) is 11.7. The van der Waals surface area contributed by atoms with Crippen molar-refractivity contribution < 1.29 is 13.9 Å². The van der Waals surface area contributed by atoms with E-state index in [1.807, 2.05) is 24.8 Å². The van der Waals surface area contributed by atoms with Gasteiger partial charge >= 0.3 is 0 Å². The van der Waals surface area contributed by atoms with Crippen LogP contribution in [0.3, 0.4) is 0 Å². The van der Waals surface area contributed by atoms with Gasteiger partial charge in [0.2, 0.25) is 0 Å². The predicted octanol–water partition coefficient (Wildman–Crippen LogP) is 4.49. The Labute approximate surface area is 196 Å². The van der Waals surface area contributed by atoms with Crippen LogP contribution in [0.15, 0.2) is 10.5 Å². The molecule has 2 aromatic rings. The van der Waals surface area contributed by atoms with Crippen molar-refractivity contribution in [3.8, 4) is 6.07 Å². The second-order valence-corrected chi connectivity index (χ2v) is 10.3. The summed E-state index contributed by atoms with van der Waals surface area (Å²) in [6.45, 7) is 16.4. The molecule has 7 nitrogen and oxygen atoms in total. The molecule has 0 spiro atoms. The van der Waals surface area contributed by atoms with E-state index in [-0.39, 0.29) is 23.5 Å². The van der Waals surface area contributed by atoms with Crippen molar-refractivity contribution in [1.82, 2.24) is 9.88 Å². The second-order valence-electron chi connectivity index (χ2n) is 10.3. The van der Waals surface area contributed by atoms with Crippen molar-refractivity contribution in [3.05, 3.63) is 45.5 Å². The molecular weight excluding hydrogens is 416 g/mol. The van der Waals surface area contributed by atoms with Crippen LogP contribution in [0.2, 0.25) is 0 Å². The Morgan fingerprint density at radius 2 is 2.00 bits per heavy atom. The predicted molar refractivity (Wildman–Crippen MR) is 127 cm³/mol. The summed E-state index contributed by atoms with van der Waals surface area (Å²) in [5.41, 5.74) is 4.10. The minimum Gasteiger partial charge on any atom is -0.466 e. The van der Waals surface area contributed by atoms with Crippen LogP contribution in [0.4, 0.5) is 5.82 Å². The first kappa shape index (κ1) is 23.3. The standard InChI is InChI=1S/C26H34N4O3/c1-15(2)23-22-14-32-26(6,7)11-20(22)21(12-27)24(28-23)29-8-9-30(16(3)13-29)25(31)19-10-17(4)33-18(19)5/h10,15-16H,8-9,11,13-14H2,1-7H3. The molecule has 4 rings (SSSR count). The third-order valence-corrected chi connectivity index (χ3v) is 6.75. The average molecular weight is 451 g/mol. The second kappa shape index (κ2) is 8.49. The number of fused-ring (bicyclic) bond motifs is 1. The maximum absolute atomic E-state index is 13.2. The number of hydrogen-bond donors (Lipinski definition) is 0. The average Bonchev–Trinajstić information content (AvgIpc) is 3.09. The van der Waals surface area contributed by atoms with Gasteiger partial charge in [-0.25, -0.2) is 4.98 Å². The van der Waals surface area contributed by atoms with E-state index in [2.05, 4.69) is 45.6 Å². The number of hydrogen-bond acceptors (Lipinski definition) is 6. The Morgan fingerprint density at radius 3 is 2.58 bits per heavy atom.